The molecule has 2 N–H and O–H groups in total. The summed E-state index contributed by atoms with van der Waals surface area (Å²) in [5.41, 5.74) is 1.56. The predicted octanol–water partition coefficient (Wildman–Crippen LogP) is 0.220. The Morgan fingerprint density at radius 3 is 2.65 bits per heavy atom. The number of sulfonamides is 1. The molecule has 1 aromatic carbocycles. The molecule has 108 valence electrons. The van der Waals surface area contributed by atoms with Gasteiger partial charge >= 0.3 is 0 Å². The molecule has 1 saturated heterocycles. The quantitative estimate of drug-likeness (QED) is 0.777. The highest BCUT2D eigenvalue weighted by Crippen LogP contribution is 2.12. The summed E-state index contributed by atoms with van der Waals surface area (Å²) in [5.74, 6) is -1.14. The van der Waals surface area contributed by atoms with Crippen molar-refractivity contribution < 1.29 is 18.0 Å². The van der Waals surface area contributed by atoms with Crippen molar-refractivity contribution in [2.75, 3.05) is 0 Å². The molecule has 0 aromatic heterocycles. The Bertz CT molecular complexity index is 640. The monoisotopic (exact) mass is 296 g/mol. The molecule has 1 atom stereocenters. The number of nitrogens with one attached hydrogen (secondary N) is 2. The van der Waals surface area contributed by atoms with E-state index in [-0.39, 0.29) is 24.5 Å². The standard InChI is InChI=1S/C13H16N2O4S/c1-9-4-2-3-5-10(9)8-20(18,19)15-11-6-7-12(16)14-13(11)17/h2-5,11,15H,6-8H2,1H3,(H,14,16,17). The summed E-state index contributed by atoms with van der Waals surface area (Å²) in [6, 6.07) is 6.29. The van der Waals surface area contributed by atoms with Gasteiger partial charge in [-0.1, -0.05) is 24.3 Å². The van der Waals surface area contributed by atoms with E-state index in [0.29, 0.717) is 5.56 Å². The molecular formula is C13H16N2O4S. The fourth-order valence-electron chi connectivity index (χ4n) is 2.04. The summed E-state index contributed by atoms with van der Waals surface area (Å²) >= 11 is 0. The highest BCUT2D eigenvalue weighted by atomic mass is 32.2. The Hall–Kier alpha value is -1.73. The lowest BCUT2D eigenvalue weighted by Crippen LogP contribution is -2.52. The first kappa shape index (κ1) is 14.7. The number of carbonyl (C=O) groups excluding carboxylic acids is 2. The van der Waals surface area contributed by atoms with E-state index in [2.05, 4.69) is 10.0 Å². The molecule has 20 heavy (non-hydrogen) atoms. The van der Waals surface area contributed by atoms with Crippen LogP contribution in [0.1, 0.15) is 24.0 Å². The van der Waals surface area contributed by atoms with E-state index in [4.69, 9.17) is 0 Å². The minimum atomic E-state index is -3.63. The van der Waals surface area contributed by atoms with Crippen LogP contribution in [0.15, 0.2) is 24.3 Å². The first-order chi connectivity index (χ1) is 9.37. The van der Waals surface area contributed by atoms with E-state index in [1.807, 2.05) is 19.1 Å². The van der Waals surface area contributed by atoms with Gasteiger partial charge in [0.25, 0.3) is 0 Å². The number of hydrogen-bond donors (Lipinski definition) is 2. The number of imide groups is 1. The second-order valence-electron chi connectivity index (χ2n) is 4.81. The number of piperidine rings is 1. The fraction of sp³-hybridized carbons (Fsp3) is 0.385. The van der Waals surface area contributed by atoms with Crippen molar-refractivity contribution in [3.8, 4) is 0 Å². The van der Waals surface area contributed by atoms with Crippen LogP contribution in [0.3, 0.4) is 0 Å². The molecule has 0 bridgehead atoms. The lowest BCUT2D eigenvalue weighted by molar-refractivity contribution is -0.134. The molecule has 1 aliphatic heterocycles. The minimum absolute atomic E-state index is 0.142. The molecule has 7 heteroatoms. The number of carbonyl (C=O) groups is 2. The summed E-state index contributed by atoms with van der Waals surface area (Å²) in [7, 11) is -3.63. The van der Waals surface area contributed by atoms with Crippen molar-refractivity contribution in [2.45, 2.75) is 31.6 Å². The van der Waals surface area contributed by atoms with E-state index in [0.717, 1.165) is 5.56 Å². The van der Waals surface area contributed by atoms with E-state index in [1.54, 1.807) is 12.1 Å². The smallest absolute Gasteiger partial charge is 0.244 e. The van der Waals surface area contributed by atoms with Gasteiger partial charge in [-0.25, -0.2) is 13.1 Å². The van der Waals surface area contributed by atoms with Crippen molar-refractivity contribution in [1.82, 2.24) is 10.0 Å². The van der Waals surface area contributed by atoms with Gasteiger partial charge in [-0.3, -0.25) is 14.9 Å². The normalized spacial score (nSPS) is 19.8. The van der Waals surface area contributed by atoms with E-state index in [9.17, 15) is 18.0 Å². The van der Waals surface area contributed by atoms with Crippen molar-refractivity contribution in [2.24, 2.45) is 0 Å². The Morgan fingerprint density at radius 1 is 1.30 bits per heavy atom. The van der Waals surface area contributed by atoms with E-state index >= 15 is 0 Å². The molecule has 1 heterocycles. The molecule has 1 unspecified atom stereocenters. The third-order valence-corrected chi connectivity index (χ3v) is 4.50. The molecule has 2 rings (SSSR count). The lowest BCUT2D eigenvalue weighted by Gasteiger charge is -2.21. The van der Waals surface area contributed by atoms with Crippen LogP contribution in [-0.4, -0.2) is 26.3 Å². The molecule has 0 aliphatic carbocycles. The van der Waals surface area contributed by atoms with Crippen molar-refractivity contribution >= 4 is 21.8 Å². The number of aryl methyl sites for hydroxylation is 1. The van der Waals surface area contributed by atoms with Crippen molar-refractivity contribution in [3.05, 3.63) is 35.4 Å². The highest BCUT2D eigenvalue weighted by Gasteiger charge is 2.30. The highest BCUT2D eigenvalue weighted by molar-refractivity contribution is 7.88. The van der Waals surface area contributed by atoms with E-state index in [1.165, 1.54) is 0 Å². The van der Waals surface area contributed by atoms with E-state index < -0.39 is 22.0 Å². The van der Waals surface area contributed by atoms with Crippen LogP contribution in [0.2, 0.25) is 0 Å². The fourth-order valence-corrected chi connectivity index (χ4v) is 3.52. The Labute approximate surface area is 117 Å². The van der Waals surface area contributed by atoms with Gasteiger partial charge in [0, 0.05) is 6.42 Å². The lowest BCUT2D eigenvalue weighted by atomic mass is 10.1. The Kier molecular flexibility index (Phi) is 4.20. The van der Waals surface area contributed by atoms with Gasteiger partial charge < -0.3 is 0 Å². The molecule has 0 spiro atoms. The molecule has 1 aromatic rings. The molecular weight excluding hydrogens is 280 g/mol. The van der Waals surface area contributed by atoms with Crippen LogP contribution in [0, 0.1) is 6.92 Å². The Morgan fingerprint density at radius 2 is 2.00 bits per heavy atom. The third-order valence-electron chi connectivity index (χ3n) is 3.17. The summed E-state index contributed by atoms with van der Waals surface area (Å²) in [6.45, 7) is 1.83. The van der Waals surface area contributed by atoms with Gasteiger partial charge in [-0.15, -0.1) is 0 Å². The second-order valence-corrected chi connectivity index (χ2v) is 6.56. The summed E-state index contributed by atoms with van der Waals surface area (Å²) in [4.78, 5) is 22.6. The number of hydrogen-bond acceptors (Lipinski definition) is 4. The molecule has 2 amide bonds. The van der Waals surface area contributed by atoms with Crippen LogP contribution in [0.25, 0.3) is 0 Å². The number of benzene rings is 1. The molecule has 6 nitrogen and oxygen atoms in total. The van der Waals surface area contributed by atoms with Crippen LogP contribution in [0.4, 0.5) is 0 Å². The summed E-state index contributed by atoms with van der Waals surface area (Å²) in [5, 5.41) is 2.12. The number of amides is 2. The SMILES string of the molecule is Cc1ccccc1CS(=O)(=O)NC1CCC(=O)NC1=O. The zero-order valence-corrected chi connectivity index (χ0v) is 11.9. The van der Waals surface area contributed by atoms with Gasteiger partial charge in [0.15, 0.2) is 0 Å². The second kappa shape index (κ2) is 5.72. The van der Waals surface area contributed by atoms with Gasteiger partial charge in [0.2, 0.25) is 21.8 Å². The van der Waals surface area contributed by atoms with Crippen LogP contribution < -0.4 is 10.0 Å². The molecule has 1 aliphatic rings. The van der Waals surface area contributed by atoms with Gasteiger partial charge in [-0.2, -0.15) is 0 Å². The molecule has 1 fully saturated rings. The van der Waals surface area contributed by atoms with Crippen LogP contribution in [-0.2, 0) is 25.4 Å². The maximum atomic E-state index is 12.1. The van der Waals surface area contributed by atoms with Crippen LogP contribution >= 0.6 is 0 Å². The van der Waals surface area contributed by atoms with Crippen molar-refractivity contribution in [1.29, 1.82) is 0 Å². The largest absolute Gasteiger partial charge is 0.295 e. The zero-order valence-electron chi connectivity index (χ0n) is 11.0. The predicted molar refractivity (Wildman–Crippen MR) is 73.1 cm³/mol. The van der Waals surface area contributed by atoms with Gasteiger partial charge in [-0.05, 0) is 24.5 Å². The number of rotatable bonds is 4. The minimum Gasteiger partial charge on any atom is -0.295 e. The van der Waals surface area contributed by atoms with Crippen LogP contribution in [0.5, 0.6) is 0 Å². The molecule has 0 saturated carbocycles. The maximum Gasteiger partial charge on any atom is 0.244 e. The average Bonchev–Trinajstić information content (AvgIpc) is 2.35. The molecule has 0 radical (unpaired) electrons. The third kappa shape index (κ3) is 3.64. The van der Waals surface area contributed by atoms with Gasteiger partial charge in [0.1, 0.15) is 6.04 Å². The van der Waals surface area contributed by atoms with Crippen molar-refractivity contribution in [3.63, 3.8) is 0 Å². The Balaban J connectivity index is 2.06. The summed E-state index contributed by atoms with van der Waals surface area (Å²) < 4.78 is 26.5. The first-order valence-corrected chi connectivity index (χ1v) is 7.91. The summed E-state index contributed by atoms with van der Waals surface area (Å²) in [6.07, 6.45) is 0.334. The maximum absolute atomic E-state index is 12.1. The topological polar surface area (TPSA) is 92.3 Å². The average molecular weight is 296 g/mol. The first-order valence-electron chi connectivity index (χ1n) is 6.25. The van der Waals surface area contributed by atoms with Gasteiger partial charge in [0.05, 0.1) is 5.75 Å². The zero-order chi connectivity index (χ0) is 14.8.